The molecular weight excluding hydrogens is 404 g/mol. The van der Waals surface area contributed by atoms with Crippen molar-refractivity contribution in [2.24, 2.45) is 46.3 Å². The van der Waals surface area contributed by atoms with Crippen LogP contribution >= 0.6 is 0 Å². The minimum Gasteiger partial charge on any atom is -0.372 e. The fraction of sp³-hybridized carbons (Fsp3) is 0.903. The van der Waals surface area contributed by atoms with Crippen LogP contribution in [0.1, 0.15) is 120 Å². The lowest BCUT2D eigenvalue weighted by atomic mass is 9.46. The van der Waals surface area contributed by atoms with Gasteiger partial charge < -0.3 is 4.74 Å². The molecule has 0 spiro atoms. The molecule has 0 aromatic carbocycles. The Morgan fingerprint density at radius 1 is 1.00 bits per heavy atom. The van der Waals surface area contributed by atoms with Crippen molar-refractivity contribution in [2.75, 3.05) is 0 Å². The number of carbonyl (C=O) groups is 1. The summed E-state index contributed by atoms with van der Waals surface area (Å²) in [5.41, 5.74) is 1.87. The maximum Gasteiger partial charge on any atom is 0.159 e. The zero-order valence-corrected chi connectivity index (χ0v) is 23.0. The van der Waals surface area contributed by atoms with Crippen molar-refractivity contribution in [3.8, 4) is 0 Å². The zero-order valence-electron chi connectivity index (χ0n) is 23.0. The van der Waals surface area contributed by atoms with E-state index in [0.717, 1.165) is 30.6 Å². The van der Waals surface area contributed by atoms with Crippen LogP contribution in [0.5, 0.6) is 0 Å². The molecule has 2 heteroatoms. The minimum absolute atomic E-state index is 0.114. The van der Waals surface area contributed by atoms with Crippen LogP contribution in [0.3, 0.4) is 0 Å². The molecule has 4 aliphatic rings. The summed E-state index contributed by atoms with van der Waals surface area (Å²) < 4.78 is 6.36. The van der Waals surface area contributed by atoms with Crippen LogP contribution in [0.4, 0.5) is 0 Å². The van der Waals surface area contributed by atoms with E-state index in [-0.39, 0.29) is 23.0 Å². The first-order chi connectivity index (χ1) is 15.3. The Balaban J connectivity index is 1.51. The van der Waals surface area contributed by atoms with Crippen LogP contribution in [0.15, 0.2) is 11.6 Å². The minimum atomic E-state index is -0.114. The Morgan fingerprint density at radius 3 is 2.39 bits per heavy atom. The highest BCUT2D eigenvalue weighted by Gasteiger charge is 2.61. The summed E-state index contributed by atoms with van der Waals surface area (Å²) in [5.74, 6) is 4.29. The fourth-order valence-corrected chi connectivity index (χ4v) is 8.99. The smallest absolute Gasteiger partial charge is 0.159 e. The van der Waals surface area contributed by atoms with Gasteiger partial charge in [-0.3, -0.25) is 4.79 Å². The molecule has 0 heterocycles. The Kier molecular flexibility index (Phi) is 7.03. The first-order valence-corrected chi connectivity index (χ1v) is 14.3. The average molecular weight is 457 g/mol. The van der Waals surface area contributed by atoms with Gasteiger partial charge in [-0.2, -0.15) is 0 Å². The van der Waals surface area contributed by atoms with Gasteiger partial charge in [0.15, 0.2) is 5.78 Å². The predicted octanol–water partition coefficient (Wildman–Crippen LogP) is 8.39. The molecule has 0 aromatic rings. The quantitative estimate of drug-likeness (QED) is 0.401. The molecule has 0 amide bonds. The summed E-state index contributed by atoms with van der Waals surface area (Å²) in [5, 5.41) is 0. The van der Waals surface area contributed by atoms with E-state index in [0.29, 0.717) is 23.0 Å². The van der Waals surface area contributed by atoms with Crippen molar-refractivity contribution in [3.05, 3.63) is 11.6 Å². The van der Waals surface area contributed by atoms with Gasteiger partial charge in [-0.15, -0.1) is 0 Å². The van der Waals surface area contributed by atoms with E-state index in [2.05, 4.69) is 61.5 Å². The van der Waals surface area contributed by atoms with Gasteiger partial charge in [-0.25, -0.2) is 0 Å². The van der Waals surface area contributed by atoms with Crippen molar-refractivity contribution >= 4 is 5.78 Å². The number of fused-ring (bicyclic) bond motifs is 5. The fourth-order valence-electron chi connectivity index (χ4n) is 8.99. The second-order valence-electron chi connectivity index (χ2n) is 14.4. The van der Waals surface area contributed by atoms with E-state index in [1.165, 1.54) is 56.9 Å². The highest BCUT2D eigenvalue weighted by atomic mass is 16.5. The van der Waals surface area contributed by atoms with Gasteiger partial charge in [0, 0.05) is 5.92 Å². The molecule has 0 aliphatic heterocycles. The van der Waals surface area contributed by atoms with Crippen LogP contribution in [-0.4, -0.2) is 17.5 Å². The standard InChI is InChI=1S/C31H52O2/c1-20(2)10-9-11-21(3)24-12-13-25-28-26(15-17-31(24,25)8)30(7)16-14-23(33-29(4,5)6)18-22(30)19-27(28)32/h19-21,23-26,28H,9-18H2,1-8H3/t21?,23?,24-,25?,26?,28?,30+,31-/m1/s1. The molecule has 2 nitrogen and oxygen atoms in total. The SMILES string of the molecule is CC(C)CCCC(C)[C@H]1CCC2C3C(=O)C=C4CC(OC(C)(C)C)CC[C@]4(C)C3CC[C@@]21C. The molecule has 4 rings (SSSR count). The van der Waals surface area contributed by atoms with Crippen LogP contribution in [-0.2, 0) is 9.53 Å². The molecule has 3 saturated carbocycles. The van der Waals surface area contributed by atoms with Gasteiger partial charge >= 0.3 is 0 Å². The number of ether oxygens (including phenoxy) is 1. The Hall–Kier alpha value is -0.630. The topological polar surface area (TPSA) is 26.3 Å². The van der Waals surface area contributed by atoms with Gasteiger partial charge in [-0.1, -0.05) is 59.5 Å². The summed E-state index contributed by atoms with van der Waals surface area (Å²) >= 11 is 0. The first-order valence-electron chi connectivity index (χ1n) is 14.3. The Labute approximate surface area is 204 Å². The van der Waals surface area contributed by atoms with Crippen LogP contribution in [0.2, 0.25) is 0 Å². The molecule has 8 atom stereocenters. The lowest BCUT2D eigenvalue weighted by Crippen LogP contribution is -2.54. The van der Waals surface area contributed by atoms with Crippen LogP contribution < -0.4 is 0 Å². The van der Waals surface area contributed by atoms with E-state index in [1.807, 2.05) is 0 Å². The third-order valence-corrected chi connectivity index (χ3v) is 10.6. The summed E-state index contributed by atoms with van der Waals surface area (Å²) in [6, 6.07) is 0. The van der Waals surface area contributed by atoms with Crippen molar-refractivity contribution in [1.29, 1.82) is 0 Å². The van der Waals surface area contributed by atoms with E-state index < -0.39 is 0 Å². The summed E-state index contributed by atoms with van der Waals surface area (Å²) in [6.07, 6.45) is 14.9. The van der Waals surface area contributed by atoms with Crippen molar-refractivity contribution in [1.82, 2.24) is 0 Å². The van der Waals surface area contributed by atoms with Crippen molar-refractivity contribution < 1.29 is 9.53 Å². The molecule has 5 unspecified atom stereocenters. The number of carbonyl (C=O) groups excluding carboxylic acids is 1. The maximum absolute atomic E-state index is 13.7. The summed E-state index contributed by atoms with van der Waals surface area (Å²) in [6.45, 7) is 18.7. The second-order valence-corrected chi connectivity index (χ2v) is 14.4. The van der Waals surface area contributed by atoms with Crippen LogP contribution in [0, 0.1) is 46.3 Å². The molecule has 188 valence electrons. The zero-order chi connectivity index (χ0) is 24.2. The van der Waals surface area contributed by atoms with E-state index in [1.54, 1.807) is 0 Å². The normalized spacial score (nSPS) is 41.9. The molecule has 0 saturated heterocycles. The second kappa shape index (κ2) is 9.11. The number of hydrogen-bond donors (Lipinski definition) is 0. The number of rotatable bonds is 6. The lowest BCUT2D eigenvalue weighted by molar-refractivity contribution is -0.137. The lowest BCUT2D eigenvalue weighted by Gasteiger charge is -2.58. The first kappa shape index (κ1) is 25.5. The highest BCUT2D eigenvalue weighted by Crippen LogP contribution is 2.66. The van der Waals surface area contributed by atoms with Crippen molar-refractivity contribution in [2.45, 2.75) is 131 Å². The van der Waals surface area contributed by atoms with E-state index >= 15 is 0 Å². The van der Waals surface area contributed by atoms with Gasteiger partial charge in [0.25, 0.3) is 0 Å². The predicted molar refractivity (Wildman–Crippen MR) is 138 cm³/mol. The van der Waals surface area contributed by atoms with Gasteiger partial charge in [0.05, 0.1) is 11.7 Å². The van der Waals surface area contributed by atoms with Gasteiger partial charge in [0.2, 0.25) is 0 Å². The Morgan fingerprint density at radius 2 is 1.73 bits per heavy atom. The van der Waals surface area contributed by atoms with Gasteiger partial charge in [-0.05, 0) is 112 Å². The molecule has 3 fully saturated rings. The van der Waals surface area contributed by atoms with E-state index in [4.69, 9.17) is 4.74 Å². The van der Waals surface area contributed by atoms with Crippen molar-refractivity contribution in [3.63, 3.8) is 0 Å². The number of ketones is 1. The summed E-state index contributed by atoms with van der Waals surface area (Å²) in [4.78, 5) is 13.7. The summed E-state index contributed by atoms with van der Waals surface area (Å²) in [7, 11) is 0. The number of hydrogen-bond acceptors (Lipinski definition) is 2. The molecule has 0 radical (unpaired) electrons. The third-order valence-electron chi connectivity index (χ3n) is 10.6. The van der Waals surface area contributed by atoms with E-state index in [9.17, 15) is 4.79 Å². The highest BCUT2D eigenvalue weighted by molar-refractivity contribution is 5.94. The largest absolute Gasteiger partial charge is 0.372 e. The molecule has 4 aliphatic carbocycles. The Bertz CT molecular complexity index is 757. The number of allylic oxidation sites excluding steroid dienone is 1. The monoisotopic (exact) mass is 456 g/mol. The maximum atomic E-state index is 13.7. The molecule has 33 heavy (non-hydrogen) atoms. The average Bonchev–Trinajstić information content (AvgIpc) is 3.05. The molecular formula is C31H52O2. The molecule has 0 aromatic heterocycles. The third kappa shape index (κ3) is 4.76. The van der Waals surface area contributed by atoms with Gasteiger partial charge in [0.1, 0.15) is 0 Å². The van der Waals surface area contributed by atoms with Crippen LogP contribution in [0.25, 0.3) is 0 Å². The molecule has 0 N–H and O–H groups in total. The molecule has 0 bridgehead atoms.